The molecule has 4 aromatic rings. The van der Waals surface area contributed by atoms with Crippen LogP contribution in [0.3, 0.4) is 0 Å². The molecule has 13 heteroatoms. The summed E-state index contributed by atoms with van der Waals surface area (Å²) in [5.74, 6) is -0.153. The van der Waals surface area contributed by atoms with Gasteiger partial charge in [0.05, 0.1) is 24.4 Å². The predicted octanol–water partition coefficient (Wildman–Crippen LogP) is 1.51. The van der Waals surface area contributed by atoms with Crippen molar-refractivity contribution < 1.29 is 13.9 Å². The predicted molar refractivity (Wildman–Crippen MR) is 126 cm³/mol. The van der Waals surface area contributed by atoms with E-state index in [1.807, 2.05) is 0 Å². The Morgan fingerprint density at radius 2 is 2.00 bits per heavy atom. The van der Waals surface area contributed by atoms with Crippen LogP contribution in [0.2, 0.25) is 0 Å². The monoisotopic (exact) mass is 492 g/mol. The standard InChI is InChI=1S/C23H25FN10O2/c1-36-14-20-18(13-33(29-20)12-16-9-26-23(27-10-16)32-7-2-3-8-32)22(35)25-11-17-19(24)5-4-6-21(17)34-15-28-30-31-34/h4-6,9-10,13,15H,2-3,7-8,11-12,14H2,1H3,(H,25,35). The number of rotatable bonds is 9. The summed E-state index contributed by atoms with van der Waals surface area (Å²) in [4.78, 5) is 24.2. The van der Waals surface area contributed by atoms with Gasteiger partial charge in [0.2, 0.25) is 5.95 Å². The van der Waals surface area contributed by atoms with Crippen molar-refractivity contribution in [1.29, 1.82) is 0 Å². The molecule has 0 spiro atoms. The van der Waals surface area contributed by atoms with E-state index in [0.29, 0.717) is 23.5 Å². The van der Waals surface area contributed by atoms with Crippen LogP contribution < -0.4 is 10.2 Å². The van der Waals surface area contributed by atoms with Gasteiger partial charge in [-0.1, -0.05) is 6.07 Å². The molecule has 3 aromatic heterocycles. The van der Waals surface area contributed by atoms with Gasteiger partial charge in [-0.15, -0.1) is 5.10 Å². The van der Waals surface area contributed by atoms with Gasteiger partial charge in [-0.05, 0) is 35.4 Å². The first-order valence-corrected chi connectivity index (χ1v) is 11.5. The van der Waals surface area contributed by atoms with Gasteiger partial charge in [0, 0.05) is 56.5 Å². The number of carbonyl (C=O) groups excluding carboxylic acids is 1. The summed E-state index contributed by atoms with van der Waals surface area (Å²) in [5, 5.41) is 18.3. The second-order valence-electron chi connectivity index (χ2n) is 8.38. The number of ether oxygens (including phenoxy) is 1. The van der Waals surface area contributed by atoms with Crippen molar-refractivity contribution in [3.8, 4) is 5.69 Å². The fourth-order valence-electron chi connectivity index (χ4n) is 4.14. The van der Waals surface area contributed by atoms with Gasteiger partial charge in [-0.2, -0.15) is 5.10 Å². The Bertz CT molecular complexity index is 1320. The highest BCUT2D eigenvalue weighted by Crippen LogP contribution is 2.18. The minimum absolute atomic E-state index is 0.0654. The maximum atomic E-state index is 14.6. The lowest BCUT2D eigenvalue weighted by Crippen LogP contribution is -2.25. The minimum Gasteiger partial charge on any atom is -0.378 e. The maximum absolute atomic E-state index is 14.6. The van der Waals surface area contributed by atoms with E-state index in [2.05, 4.69) is 40.8 Å². The van der Waals surface area contributed by atoms with Gasteiger partial charge in [0.25, 0.3) is 5.91 Å². The maximum Gasteiger partial charge on any atom is 0.255 e. The molecular weight excluding hydrogens is 467 g/mol. The van der Waals surface area contributed by atoms with E-state index in [1.165, 1.54) is 24.2 Å². The van der Waals surface area contributed by atoms with Crippen LogP contribution in [0.15, 0.2) is 43.1 Å². The van der Waals surface area contributed by atoms with Crippen molar-refractivity contribution in [3.05, 3.63) is 71.3 Å². The summed E-state index contributed by atoms with van der Waals surface area (Å²) in [5.41, 5.74) is 2.36. The van der Waals surface area contributed by atoms with E-state index in [9.17, 15) is 9.18 Å². The van der Waals surface area contributed by atoms with Crippen molar-refractivity contribution in [2.75, 3.05) is 25.1 Å². The fraction of sp³-hybridized carbons (Fsp3) is 0.348. The lowest BCUT2D eigenvalue weighted by Gasteiger charge is -2.14. The molecule has 0 radical (unpaired) electrons. The first-order valence-electron chi connectivity index (χ1n) is 11.5. The number of benzene rings is 1. The number of nitrogens with one attached hydrogen (secondary N) is 1. The van der Waals surface area contributed by atoms with Gasteiger partial charge >= 0.3 is 0 Å². The molecule has 1 saturated heterocycles. The van der Waals surface area contributed by atoms with Crippen LogP contribution in [-0.2, 0) is 24.4 Å². The van der Waals surface area contributed by atoms with Crippen molar-refractivity contribution in [3.63, 3.8) is 0 Å². The fourth-order valence-corrected chi connectivity index (χ4v) is 4.14. The van der Waals surface area contributed by atoms with Crippen molar-refractivity contribution in [2.45, 2.75) is 32.5 Å². The number of anilines is 1. The van der Waals surface area contributed by atoms with Crippen LogP contribution in [-0.4, -0.2) is 66.1 Å². The van der Waals surface area contributed by atoms with E-state index in [4.69, 9.17) is 4.74 Å². The smallest absolute Gasteiger partial charge is 0.255 e. The van der Waals surface area contributed by atoms with Gasteiger partial charge in [0.15, 0.2) is 0 Å². The topological polar surface area (TPSA) is 129 Å². The number of hydrogen-bond acceptors (Lipinski definition) is 9. The molecule has 1 amide bonds. The van der Waals surface area contributed by atoms with Crippen LogP contribution in [0.1, 0.15) is 40.0 Å². The Hall–Kier alpha value is -4.26. The number of amides is 1. The molecule has 0 atom stereocenters. The number of nitrogens with zero attached hydrogens (tertiary/aromatic N) is 9. The first kappa shape index (κ1) is 23.5. The van der Waals surface area contributed by atoms with E-state index in [0.717, 1.165) is 37.4 Å². The first-order chi connectivity index (χ1) is 17.6. The molecule has 1 aliphatic heterocycles. The molecule has 5 rings (SSSR count). The SMILES string of the molecule is COCc1nn(Cc2cnc(N3CCCC3)nc2)cc1C(=O)NCc1c(F)cccc1-n1cnnn1. The number of tetrazole rings is 1. The molecule has 1 N–H and O–H groups in total. The molecule has 1 fully saturated rings. The lowest BCUT2D eigenvalue weighted by atomic mass is 10.1. The molecule has 0 unspecified atom stereocenters. The lowest BCUT2D eigenvalue weighted by molar-refractivity contribution is 0.0945. The van der Waals surface area contributed by atoms with Crippen LogP contribution in [0.5, 0.6) is 0 Å². The van der Waals surface area contributed by atoms with Crippen LogP contribution in [0, 0.1) is 5.82 Å². The largest absolute Gasteiger partial charge is 0.378 e. The summed E-state index contributed by atoms with van der Waals surface area (Å²) in [6.45, 7) is 2.42. The van der Waals surface area contributed by atoms with Gasteiger partial charge in [-0.3, -0.25) is 9.48 Å². The molecule has 186 valence electrons. The Labute approximate surface area is 206 Å². The Balaban J connectivity index is 1.30. The molecular formula is C23H25FN10O2. The molecule has 0 saturated carbocycles. The van der Waals surface area contributed by atoms with E-state index in [-0.39, 0.29) is 18.7 Å². The molecule has 0 bridgehead atoms. The Morgan fingerprint density at radius 3 is 2.72 bits per heavy atom. The zero-order chi connectivity index (χ0) is 24.9. The van der Waals surface area contributed by atoms with Gasteiger partial charge < -0.3 is 15.0 Å². The summed E-state index contributed by atoms with van der Waals surface area (Å²) < 4.78 is 22.8. The third kappa shape index (κ3) is 5.05. The second-order valence-corrected chi connectivity index (χ2v) is 8.38. The number of methoxy groups -OCH3 is 1. The van der Waals surface area contributed by atoms with Gasteiger partial charge in [0.1, 0.15) is 17.8 Å². The van der Waals surface area contributed by atoms with E-state index in [1.54, 1.807) is 35.4 Å². The molecule has 1 aromatic carbocycles. The molecule has 4 heterocycles. The molecule has 0 aliphatic carbocycles. The Morgan fingerprint density at radius 1 is 1.19 bits per heavy atom. The third-order valence-corrected chi connectivity index (χ3v) is 5.90. The summed E-state index contributed by atoms with van der Waals surface area (Å²) >= 11 is 0. The van der Waals surface area contributed by atoms with Crippen molar-refractivity contribution >= 4 is 11.9 Å². The zero-order valence-corrected chi connectivity index (χ0v) is 19.7. The summed E-state index contributed by atoms with van der Waals surface area (Å²) in [6, 6.07) is 4.55. The third-order valence-electron chi connectivity index (χ3n) is 5.90. The number of carbonyl (C=O) groups is 1. The average Bonchev–Trinajstić information content (AvgIpc) is 3.66. The number of aromatic nitrogens is 8. The molecule has 36 heavy (non-hydrogen) atoms. The van der Waals surface area contributed by atoms with E-state index >= 15 is 0 Å². The second kappa shape index (κ2) is 10.6. The van der Waals surface area contributed by atoms with E-state index < -0.39 is 11.7 Å². The van der Waals surface area contributed by atoms with Crippen LogP contribution in [0.25, 0.3) is 5.69 Å². The van der Waals surface area contributed by atoms with Crippen molar-refractivity contribution in [2.24, 2.45) is 0 Å². The highest BCUT2D eigenvalue weighted by molar-refractivity contribution is 5.95. The number of halogens is 1. The average molecular weight is 493 g/mol. The van der Waals surface area contributed by atoms with Crippen molar-refractivity contribution in [1.82, 2.24) is 45.3 Å². The summed E-state index contributed by atoms with van der Waals surface area (Å²) in [6.07, 6.45) is 8.86. The van der Waals surface area contributed by atoms with Gasteiger partial charge in [-0.25, -0.2) is 19.0 Å². The normalized spacial score (nSPS) is 13.3. The number of hydrogen-bond donors (Lipinski definition) is 1. The molecule has 1 aliphatic rings. The Kier molecular flexibility index (Phi) is 6.89. The van der Waals surface area contributed by atoms with Crippen LogP contribution >= 0.6 is 0 Å². The summed E-state index contributed by atoms with van der Waals surface area (Å²) in [7, 11) is 1.53. The molecule has 12 nitrogen and oxygen atoms in total. The zero-order valence-electron chi connectivity index (χ0n) is 19.7. The van der Waals surface area contributed by atoms with Crippen LogP contribution in [0.4, 0.5) is 10.3 Å². The minimum atomic E-state index is -0.478. The highest BCUT2D eigenvalue weighted by Gasteiger charge is 2.19. The quantitative estimate of drug-likeness (QED) is 0.370. The highest BCUT2D eigenvalue weighted by atomic mass is 19.1.